The Morgan fingerprint density at radius 1 is 1.04 bits per heavy atom. The Bertz CT molecular complexity index is 1110. The maximum atomic E-state index is 12.9. The molecule has 126 valence electrons. The van der Waals surface area contributed by atoms with E-state index in [2.05, 4.69) is 10.4 Å². The summed E-state index contributed by atoms with van der Waals surface area (Å²) in [5.74, 6) is 0. The quantitative estimate of drug-likeness (QED) is 0.533. The fourth-order valence-corrected chi connectivity index (χ4v) is 3.53. The van der Waals surface area contributed by atoms with Gasteiger partial charge in [-0.1, -0.05) is 40.9 Å². The first-order valence-corrected chi connectivity index (χ1v) is 8.40. The van der Waals surface area contributed by atoms with Crippen molar-refractivity contribution in [3.8, 4) is 5.69 Å². The zero-order chi connectivity index (χ0) is 17.7. The number of hydrogen-bond donors (Lipinski definition) is 2. The first kappa shape index (κ1) is 16.0. The maximum absolute atomic E-state index is 12.9. The minimum Gasteiger partial charge on any atom is -0.350 e. The lowest BCUT2D eigenvalue weighted by molar-refractivity contribution is 0.770. The largest absolute Gasteiger partial charge is 0.350 e. The number of fused-ring (bicyclic) bond motifs is 2. The molecule has 2 heterocycles. The second-order valence-corrected chi connectivity index (χ2v) is 6.83. The highest BCUT2D eigenvalue weighted by Crippen LogP contribution is 2.36. The monoisotopic (exact) mass is 373 g/mol. The minimum atomic E-state index is -0.378. The fraction of sp³-hybridized carbons (Fsp3) is 0.111. The molecule has 7 heteroatoms. The molecule has 1 aliphatic rings. The average Bonchev–Trinajstić information content (AvgIpc) is 2.58. The number of rotatable bonds is 1. The standard InChI is InChI=1S/C18H13Cl2N3O2/c1-9-2-4-11(5-3-9)23-18(25)13-8-12-14(20)6-10(19)7-15(12)21-16(13)17(24)22-23/h2-7,21H,8H2,1H3,(H,22,24). The summed E-state index contributed by atoms with van der Waals surface area (Å²) in [4.78, 5) is 25.4. The van der Waals surface area contributed by atoms with Gasteiger partial charge < -0.3 is 5.32 Å². The van der Waals surface area contributed by atoms with Crippen LogP contribution >= 0.6 is 23.2 Å². The van der Waals surface area contributed by atoms with Crippen LogP contribution in [0.1, 0.15) is 16.7 Å². The summed E-state index contributed by atoms with van der Waals surface area (Å²) in [6, 6.07) is 10.7. The van der Waals surface area contributed by atoms with Crippen molar-refractivity contribution in [3.05, 3.63) is 83.8 Å². The number of H-pyrrole nitrogens is 1. The number of aromatic nitrogens is 2. The van der Waals surface area contributed by atoms with Crippen molar-refractivity contribution in [2.45, 2.75) is 13.3 Å². The molecule has 0 saturated heterocycles. The van der Waals surface area contributed by atoms with E-state index in [1.54, 1.807) is 24.3 Å². The van der Waals surface area contributed by atoms with E-state index in [0.29, 0.717) is 27.0 Å². The van der Waals surface area contributed by atoms with Gasteiger partial charge in [-0.3, -0.25) is 14.7 Å². The summed E-state index contributed by atoms with van der Waals surface area (Å²) in [6.45, 7) is 1.95. The Morgan fingerprint density at radius 2 is 1.76 bits per heavy atom. The van der Waals surface area contributed by atoms with E-state index < -0.39 is 0 Å². The highest BCUT2D eigenvalue weighted by molar-refractivity contribution is 6.35. The number of halogens is 2. The summed E-state index contributed by atoms with van der Waals surface area (Å²) in [5.41, 5.74) is 3.00. The molecule has 1 aliphatic heterocycles. The SMILES string of the molecule is Cc1ccc(-n2[nH]c(=O)c3c(c2=O)Cc2c(Cl)cc(Cl)cc2N3)cc1. The summed E-state index contributed by atoms with van der Waals surface area (Å²) in [7, 11) is 0. The highest BCUT2D eigenvalue weighted by Gasteiger charge is 2.24. The van der Waals surface area contributed by atoms with E-state index in [1.165, 1.54) is 4.68 Å². The molecule has 0 aliphatic carbocycles. The van der Waals surface area contributed by atoms with Crippen LogP contribution in [0.25, 0.3) is 5.69 Å². The highest BCUT2D eigenvalue weighted by atomic mass is 35.5. The number of aromatic amines is 1. The van der Waals surface area contributed by atoms with Crippen LogP contribution in [-0.2, 0) is 6.42 Å². The second kappa shape index (κ2) is 5.79. The van der Waals surface area contributed by atoms with Crippen molar-refractivity contribution in [3.63, 3.8) is 0 Å². The lowest BCUT2D eigenvalue weighted by Gasteiger charge is -2.22. The lowest BCUT2D eigenvalue weighted by Crippen LogP contribution is -2.35. The third kappa shape index (κ3) is 2.65. The van der Waals surface area contributed by atoms with Gasteiger partial charge in [0.25, 0.3) is 11.1 Å². The Balaban J connectivity index is 1.91. The summed E-state index contributed by atoms with van der Waals surface area (Å²) in [5, 5.41) is 6.54. The van der Waals surface area contributed by atoms with Gasteiger partial charge in [-0.25, -0.2) is 4.68 Å². The number of aryl methyl sites for hydroxylation is 1. The van der Waals surface area contributed by atoms with Crippen molar-refractivity contribution in [2.24, 2.45) is 0 Å². The fourth-order valence-electron chi connectivity index (χ4n) is 2.97. The van der Waals surface area contributed by atoms with Crippen molar-refractivity contribution in [1.82, 2.24) is 9.78 Å². The Kier molecular flexibility index (Phi) is 3.71. The summed E-state index contributed by atoms with van der Waals surface area (Å²) < 4.78 is 1.26. The Labute approximate surface area is 152 Å². The van der Waals surface area contributed by atoms with E-state index in [0.717, 1.165) is 11.1 Å². The molecule has 0 amide bonds. The van der Waals surface area contributed by atoms with E-state index in [1.807, 2.05) is 19.1 Å². The van der Waals surface area contributed by atoms with Gasteiger partial charge >= 0.3 is 0 Å². The number of nitrogens with zero attached hydrogens (tertiary/aromatic N) is 1. The molecule has 0 spiro atoms. The van der Waals surface area contributed by atoms with Crippen LogP contribution in [0.15, 0.2) is 46.0 Å². The van der Waals surface area contributed by atoms with Crippen molar-refractivity contribution >= 4 is 34.6 Å². The van der Waals surface area contributed by atoms with Crippen LogP contribution in [0.3, 0.4) is 0 Å². The molecule has 0 bridgehead atoms. The molecule has 3 aromatic rings. The van der Waals surface area contributed by atoms with Crippen molar-refractivity contribution in [2.75, 3.05) is 5.32 Å². The third-order valence-electron chi connectivity index (χ3n) is 4.27. The molecular formula is C18H13Cl2N3O2. The topological polar surface area (TPSA) is 66.9 Å². The number of nitrogens with one attached hydrogen (secondary N) is 2. The summed E-state index contributed by atoms with van der Waals surface area (Å²) >= 11 is 12.3. The molecule has 2 aromatic carbocycles. The molecule has 0 unspecified atom stereocenters. The summed E-state index contributed by atoms with van der Waals surface area (Å²) in [6.07, 6.45) is 0.266. The van der Waals surface area contributed by atoms with Gasteiger partial charge in [0.05, 0.1) is 11.3 Å². The minimum absolute atomic E-state index is 0.235. The molecule has 4 rings (SSSR count). The Morgan fingerprint density at radius 3 is 2.48 bits per heavy atom. The van der Waals surface area contributed by atoms with Gasteiger partial charge in [0, 0.05) is 22.2 Å². The van der Waals surface area contributed by atoms with Crippen LogP contribution in [0.4, 0.5) is 11.4 Å². The maximum Gasteiger partial charge on any atom is 0.287 e. The van der Waals surface area contributed by atoms with Gasteiger partial charge in [0.1, 0.15) is 5.69 Å². The molecule has 1 aromatic heterocycles. The molecule has 5 nitrogen and oxygen atoms in total. The Hall–Kier alpha value is -2.50. The molecule has 0 fully saturated rings. The van der Waals surface area contributed by atoms with Gasteiger partial charge in [-0.05, 0) is 36.8 Å². The van der Waals surface area contributed by atoms with Crippen LogP contribution in [-0.4, -0.2) is 9.78 Å². The van der Waals surface area contributed by atoms with Crippen molar-refractivity contribution in [1.29, 1.82) is 0 Å². The predicted octanol–water partition coefficient (Wildman–Crippen LogP) is 3.79. The van der Waals surface area contributed by atoms with E-state index >= 15 is 0 Å². The van der Waals surface area contributed by atoms with Crippen LogP contribution in [0.2, 0.25) is 10.0 Å². The van der Waals surface area contributed by atoms with Crippen molar-refractivity contribution < 1.29 is 0 Å². The number of anilines is 2. The van der Waals surface area contributed by atoms with Gasteiger partial charge in [0.2, 0.25) is 0 Å². The number of hydrogen-bond acceptors (Lipinski definition) is 3. The second-order valence-electron chi connectivity index (χ2n) is 5.99. The first-order chi connectivity index (χ1) is 11.9. The van der Waals surface area contributed by atoms with E-state index in [9.17, 15) is 9.59 Å². The molecule has 0 atom stereocenters. The molecular weight excluding hydrogens is 361 g/mol. The van der Waals surface area contributed by atoms with Gasteiger partial charge in [-0.15, -0.1) is 0 Å². The van der Waals surface area contributed by atoms with Crippen LogP contribution < -0.4 is 16.4 Å². The number of benzene rings is 2. The molecule has 25 heavy (non-hydrogen) atoms. The molecule has 0 radical (unpaired) electrons. The normalized spacial score (nSPS) is 12.3. The van der Waals surface area contributed by atoms with E-state index in [4.69, 9.17) is 23.2 Å². The van der Waals surface area contributed by atoms with Gasteiger partial charge in [0.15, 0.2) is 0 Å². The van der Waals surface area contributed by atoms with Crippen LogP contribution in [0, 0.1) is 6.92 Å². The zero-order valence-electron chi connectivity index (χ0n) is 13.2. The van der Waals surface area contributed by atoms with Gasteiger partial charge in [-0.2, -0.15) is 0 Å². The lowest BCUT2D eigenvalue weighted by atomic mass is 9.99. The zero-order valence-corrected chi connectivity index (χ0v) is 14.7. The average molecular weight is 374 g/mol. The van der Waals surface area contributed by atoms with Crippen LogP contribution in [0.5, 0.6) is 0 Å². The third-order valence-corrected chi connectivity index (χ3v) is 4.82. The molecule has 2 N–H and O–H groups in total. The molecule has 0 saturated carbocycles. The first-order valence-electron chi connectivity index (χ1n) is 7.64. The van der Waals surface area contributed by atoms with E-state index in [-0.39, 0.29) is 23.2 Å². The smallest absolute Gasteiger partial charge is 0.287 e. The predicted molar refractivity (Wildman–Crippen MR) is 99.9 cm³/mol.